The molecule has 3 nitrogen and oxygen atoms in total. The molecule has 0 atom stereocenters. The zero-order valence-electron chi connectivity index (χ0n) is 10.2. The van der Waals surface area contributed by atoms with E-state index in [1.807, 2.05) is 0 Å². The maximum atomic E-state index is 3.76. The first-order valence-electron chi connectivity index (χ1n) is 6.34. The number of rotatable bonds is 4. The summed E-state index contributed by atoms with van der Waals surface area (Å²) in [5, 5.41) is 7.18. The predicted molar refractivity (Wildman–Crippen MR) is 64.2 cm³/mol. The zero-order valence-corrected chi connectivity index (χ0v) is 10.2. The van der Waals surface area contributed by atoms with Crippen molar-refractivity contribution in [3.05, 3.63) is 0 Å². The summed E-state index contributed by atoms with van der Waals surface area (Å²) in [4.78, 5) is 2.42. The molecular weight excluding hydrogens is 186 g/mol. The average molecular weight is 211 g/mol. The Balaban J connectivity index is 1.75. The number of piperidine rings is 1. The molecule has 3 heteroatoms. The van der Waals surface area contributed by atoms with Crippen LogP contribution in [0.1, 0.15) is 32.1 Å². The molecular formula is C12H25N3. The average Bonchev–Trinajstić information content (AvgIpc) is 2.17. The third-order valence-electron chi connectivity index (χ3n) is 4.29. The summed E-state index contributed by atoms with van der Waals surface area (Å²) in [5.41, 5.74) is 0.477. The largest absolute Gasteiger partial charge is 0.317 e. The van der Waals surface area contributed by atoms with Crippen LogP contribution in [0.3, 0.4) is 0 Å². The van der Waals surface area contributed by atoms with Gasteiger partial charge < -0.3 is 15.5 Å². The lowest BCUT2D eigenvalue weighted by atomic mass is 9.75. The van der Waals surface area contributed by atoms with Gasteiger partial charge in [-0.15, -0.1) is 0 Å². The van der Waals surface area contributed by atoms with E-state index in [0.717, 1.165) is 6.04 Å². The minimum Gasteiger partial charge on any atom is -0.317 e. The number of nitrogens with one attached hydrogen (secondary N) is 2. The van der Waals surface area contributed by atoms with E-state index in [1.54, 1.807) is 0 Å². The topological polar surface area (TPSA) is 27.3 Å². The Labute approximate surface area is 93.6 Å². The van der Waals surface area contributed by atoms with Crippen molar-refractivity contribution in [2.75, 3.05) is 33.7 Å². The highest BCUT2D eigenvalue weighted by Crippen LogP contribution is 2.35. The molecule has 2 N–H and O–H groups in total. The maximum absolute atomic E-state index is 3.76. The first-order valence-corrected chi connectivity index (χ1v) is 6.34. The highest BCUT2D eigenvalue weighted by atomic mass is 15.2. The molecule has 0 radical (unpaired) electrons. The molecule has 2 fully saturated rings. The Bertz CT molecular complexity index is 193. The van der Waals surface area contributed by atoms with Crippen molar-refractivity contribution < 1.29 is 0 Å². The molecule has 0 aromatic carbocycles. The van der Waals surface area contributed by atoms with Crippen LogP contribution in [0.5, 0.6) is 0 Å². The molecule has 15 heavy (non-hydrogen) atoms. The normalized spacial score (nSPS) is 26.6. The maximum Gasteiger partial charge on any atom is 0.0328 e. The second-order valence-corrected chi connectivity index (χ2v) is 5.38. The minimum atomic E-state index is 0.477. The van der Waals surface area contributed by atoms with Gasteiger partial charge in [0, 0.05) is 18.1 Å². The first-order chi connectivity index (χ1) is 7.23. The molecule has 1 aliphatic heterocycles. The fourth-order valence-corrected chi connectivity index (χ4v) is 2.73. The monoisotopic (exact) mass is 211 g/mol. The molecule has 0 aromatic heterocycles. The van der Waals surface area contributed by atoms with Gasteiger partial charge in [-0.05, 0) is 59.3 Å². The molecule has 0 aromatic rings. The first kappa shape index (κ1) is 11.4. The molecule has 0 unspecified atom stereocenters. The van der Waals surface area contributed by atoms with Crippen LogP contribution in [0.2, 0.25) is 0 Å². The Morgan fingerprint density at radius 3 is 2.40 bits per heavy atom. The van der Waals surface area contributed by atoms with Crippen molar-refractivity contribution in [2.24, 2.45) is 0 Å². The van der Waals surface area contributed by atoms with Gasteiger partial charge in [0.15, 0.2) is 0 Å². The number of hydrogen-bond donors (Lipinski definition) is 2. The number of nitrogens with zero attached hydrogens (tertiary/aromatic N) is 1. The summed E-state index contributed by atoms with van der Waals surface area (Å²) < 4.78 is 0. The third-order valence-corrected chi connectivity index (χ3v) is 4.29. The Morgan fingerprint density at radius 2 is 1.93 bits per heavy atom. The highest BCUT2D eigenvalue weighted by Gasteiger charge is 2.38. The molecule has 1 saturated carbocycles. The predicted octanol–water partition coefficient (Wildman–Crippen LogP) is 0.812. The summed E-state index contributed by atoms with van der Waals surface area (Å²) in [6, 6.07) is 0.753. The molecule has 0 amide bonds. The Morgan fingerprint density at radius 1 is 1.27 bits per heavy atom. The smallest absolute Gasteiger partial charge is 0.0328 e. The van der Waals surface area contributed by atoms with E-state index in [4.69, 9.17) is 0 Å². The highest BCUT2D eigenvalue weighted by molar-refractivity contribution is 4.98. The van der Waals surface area contributed by atoms with Gasteiger partial charge in [-0.1, -0.05) is 0 Å². The van der Waals surface area contributed by atoms with E-state index in [9.17, 15) is 0 Å². The van der Waals surface area contributed by atoms with Gasteiger partial charge in [-0.3, -0.25) is 0 Å². The van der Waals surface area contributed by atoms with Crippen LogP contribution in [0.4, 0.5) is 0 Å². The van der Waals surface area contributed by atoms with Crippen molar-refractivity contribution in [3.63, 3.8) is 0 Å². The van der Waals surface area contributed by atoms with Crippen LogP contribution in [0.15, 0.2) is 0 Å². The van der Waals surface area contributed by atoms with Gasteiger partial charge in [-0.25, -0.2) is 0 Å². The van der Waals surface area contributed by atoms with Crippen LogP contribution >= 0.6 is 0 Å². The molecule has 0 spiro atoms. The molecule has 1 aliphatic carbocycles. The van der Waals surface area contributed by atoms with Crippen molar-refractivity contribution in [3.8, 4) is 0 Å². The SMILES string of the molecule is CN(C)C1(CNC2CCNCC2)CCC1. The van der Waals surface area contributed by atoms with Gasteiger partial charge in [0.2, 0.25) is 0 Å². The van der Waals surface area contributed by atoms with Crippen molar-refractivity contribution in [1.82, 2.24) is 15.5 Å². The van der Waals surface area contributed by atoms with E-state index >= 15 is 0 Å². The van der Waals surface area contributed by atoms with E-state index in [0.29, 0.717) is 5.54 Å². The van der Waals surface area contributed by atoms with E-state index < -0.39 is 0 Å². The summed E-state index contributed by atoms with van der Waals surface area (Å²) in [7, 11) is 4.45. The van der Waals surface area contributed by atoms with Crippen molar-refractivity contribution in [2.45, 2.75) is 43.7 Å². The fraction of sp³-hybridized carbons (Fsp3) is 1.00. The molecule has 1 saturated heterocycles. The van der Waals surface area contributed by atoms with E-state index in [2.05, 4.69) is 29.6 Å². The quantitative estimate of drug-likeness (QED) is 0.721. The zero-order chi connectivity index (χ0) is 10.7. The molecule has 88 valence electrons. The van der Waals surface area contributed by atoms with Crippen LogP contribution < -0.4 is 10.6 Å². The van der Waals surface area contributed by atoms with Gasteiger partial charge in [0.1, 0.15) is 0 Å². The lowest BCUT2D eigenvalue weighted by Crippen LogP contribution is -2.58. The summed E-state index contributed by atoms with van der Waals surface area (Å²) in [6.07, 6.45) is 6.75. The third kappa shape index (κ3) is 2.52. The van der Waals surface area contributed by atoms with Crippen LogP contribution in [-0.4, -0.2) is 50.2 Å². The van der Waals surface area contributed by atoms with E-state index in [-0.39, 0.29) is 0 Å². The van der Waals surface area contributed by atoms with Crippen molar-refractivity contribution in [1.29, 1.82) is 0 Å². The summed E-state index contributed by atoms with van der Waals surface area (Å²) in [6.45, 7) is 3.56. The van der Waals surface area contributed by atoms with Crippen molar-refractivity contribution >= 4 is 0 Å². The van der Waals surface area contributed by atoms with Crippen LogP contribution in [0.25, 0.3) is 0 Å². The van der Waals surface area contributed by atoms with Crippen LogP contribution in [-0.2, 0) is 0 Å². The molecule has 0 bridgehead atoms. The fourth-order valence-electron chi connectivity index (χ4n) is 2.73. The standard InChI is InChI=1S/C12H25N3/c1-15(2)12(6-3-7-12)10-14-11-4-8-13-9-5-11/h11,13-14H,3-10H2,1-2H3. The van der Waals surface area contributed by atoms with Gasteiger partial charge in [-0.2, -0.15) is 0 Å². The van der Waals surface area contributed by atoms with Gasteiger partial charge >= 0.3 is 0 Å². The summed E-state index contributed by atoms with van der Waals surface area (Å²) >= 11 is 0. The molecule has 2 rings (SSSR count). The second kappa shape index (κ2) is 4.81. The number of hydrogen-bond acceptors (Lipinski definition) is 3. The lowest BCUT2D eigenvalue weighted by Gasteiger charge is -2.48. The minimum absolute atomic E-state index is 0.477. The van der Waals surface area contributed by atoms with Gasteiger partial charge in [0.05, 0.1) is 0 Å². The Kier molecular flexibility index (Phi) is 3.65. The molecule has 1 heterocycles. The lowest BCUT2D eigenvalue weighted by molar-refractivity contribution is 0.0559. The van der Waals surface area contributed by atoms with E-state index in [1.165, 1.54) is 51.7 Å². The number of likely N-dealkylation sites (N-methyl/N-ethyl adjacent to an activating group) is 1. The van der Waals surface area contributed by atoms with Crippen LogP contribution in [0, 0.1) is 0 Å². The Hall–Kier alpha value is -0.120. The van der Waals surface area contributed by atoms with Gasteiger partial charge in [0.25, 0.3) is 0 Å². The summed E-state index contributed by atoms with van der Waals surface area (Å²) in [5.74, 6) is 0. The molecule has 2 aliphatic rings. The second-order valence-electron chi connectivity index (χ2n) is 5.38.